The highest BCUT2D eigenvalue weighted by Crippen LogP contribution is 2.27. The number of aromatic amines is 1. The van der Waals surface area contributed by atoms with Crippen molar-refractivity contribution in [3.63, 3.8) is 0 Å². The lowest BCUT2D eigenvalue weighted by Gasteiger charge is -2.04. The van der Waals surface area contributed by atoms with E-state index in [1.54, 1.807) is 0 Å². The molecular weight excluding hydrogens is 214 g/mol. The number of aromatic nitrogens is 1. The first-order valence-electron chi connectivity index (χ1n) is 6.11. The fourth-order valence-electron chi connectivity index (χ4n) is 2.20. The molecule has 3 heteroatoms. The minimum atomic E-state index is 0.233. The standard InChI is InChI=1S/C14H19NO2/c1-3-17-11-6-7-14-13(9-11)12(5-4-8-16)10(2)15-14/h6-7,9,15-16H,3-5,8H2,1-2H3. The van der Waals surface area contributed by atoms with E-state index in [0.717, 1.165) is 24.1 Å². The van der Waals surface area contributed by atoms with Gasteiger partial charge in [0.1, 0.15) is 5.75 Å². The zero-order chi connectivity index (χ0) is 12.3. The average molecular weight is 233 g/mol. The normalized spacial score (nSPS) is 11.0. The van der Waals surface area contributed by atoms with Crippen LogP contribution in [0.25, 0.3) is 10.9 Å². The van der Waals surface area contributed by atoms with Crippen molar-refractivity contribution in [3.05, 3.63) is 29.5 Å². The lowest BCUT2D eigenvalue weighted by molar-refractivity contribution is 0.288. The van der Waals surface area contributed by atoms with E-state index in [0.29, 0.717) is 6.61 Å². The molecule has 0 bridgehead atoms. The van der Waals surface area contributed by atoms with E-state index in [2.05, 4.69) is 24.0 Å². The van der Waals surface area contributed by atoms with Gasteiger partial charge in [0.2, 0.25) is 0 Å². The molecule has 2 N–H and O–H groups in total. The minimum absolute atomic E-state index is 0.233. The van der Waals surface area contributed by atoms with Crippen molar-refractivity contribution in [2.45, 2.75) is 26.7 Å². The second-order valence-electron chi connectivity index (χ2n) is 4.20. The van der Waals surface area contributed by atoms with Gasteiger partial charge in [-0.25, -0.2) is 0 Å². The summed E-state index contributed by atoms with van der Waals surface area (Å²) in [5.74, 6) is 0.907. The van der Waals surface area contributed by atoms with Crippen molar-refractivity contribution in [3.8, 4) is 5.75 Å². The molecule has 0 aliphatic carbocycles. The number of aryl methyl sites for hydroxylation is 2. The van der Waals surface area contributed by atoms with E-state index in [1.807, 2.05) is 13.0 Å². The Hall–Kier alpha value is -1.48. The van der Waals surface area contributed by atoms with Crippen LogP contribution in [0.15, 0.2) is 18.2 Å². The van der Waals surface area contributed by atoms with E-state index in [1.165, 1.54) is 16.6 Å². The number of aliphatic hydroxyl groups is 1. The fourth-order valence-corrected chi connectivity index (χ4v) is 2.20. The van der Waals surface area contributed by atoms with E-state index in [9.17, 15) is 0 Å². The van der Waals surface area contributed by atoms with Crippen molar-refractivity contribution < 1.29 is 9.84 Å². The summed E-state index contributed by atoms with van der Waals surface area (Å²) in [7, 11) is 0. The fraction of sp³-hybridized carbons (Fsp3) is 0.429. The first kappa shape index (κ1) is 12.0. The maximum Gasteiger partial charge on any atom is 0.120 e. The predicted molar refractivity (Wildman–Crippen MR) is 69.6 cm³/mol. The molecule has 0 aliphatic heterocycles. The Bertz CT molecular complexity index is 502. The smallest absolute Gasteiger partial charge is 0.120 e. The summed E-state index contributed by atoms with van der Waals surface area (Å²) < 4.78 is 5.52. The zero-order valence-corrected chi connectivity index (χ0v) is 10.4. The molecule has 0 fully saturated rings. The van der Waals surface area contributed by atoms with Gasteiger partial charge < -0.3 is 14.8 Å². The number of H-pyrrole nitrogens is 1. The lowest BCUT2D eigenvalue weighted by atomic mass is 10.1. The summed E-state index contributed by atoms with van der Waals surface area (Å²) >= 11 is 0. The molecule has 0 amide bonds. The Morgan fingerprint density at radius 2 is 2.18 bits per heavy atom. The van der Waals surface area contributed by atoms with Gasteiger partial charge in [-0.3, -0.25) is 0 Å². The van der Waals surface area contributed by atoms with E-state index >= 15 is 0 Å². The third-order valence-electron chi connectivity index (χ3n) is 2.99. The molecule has 2 aromatic rings. The highest BCUT2D eigenvalue weighted by molar-refractivity contribution is 5.86. The van der Waals surface area contributed by atoms with Crippen LogP contribution in [-0.2, 0) is 6.42 Å². The first-order chi connectivity index (χ1) is 8.26. The van der Waals surface area contributed by atoms with Gasteiger partial charge in [-0.2, -0.15) is 0 Å². The molecule has 1 aromatic heterocycles. The van der Waals surface area contributed by atoms with Gasteiger partial charge in [-0.15, -0.1) is 0 Å². The maximum atomic E-state index is 8.93. The van der Waals surface area contributed by atoms with Crippen LogP contribution < -0.4 is 4.74 Å². The molecule has 17 heavy (non-hydrogen) atoms. The van der Waals surface area contributed by atoms with Crippen LogP contribution in [0, 0.1) is 6.92 Å². The van der Waals surface area contributed by atoms with Crippen molar-refractivity contribution in [2.75, 3.05) is 13.2 Å². The molecule has 3 nitrogen and oxygen atoms in total. The Morgan fingerprint density at radius 3 is 2.88 bits per heavy atom. The molecule has 0 unspecified atom stereocenters. The Kier molecular flexibility index (Phi) is 3.69. The highest BCUT2D eigenvalue weighted by atomic mass is 16.5. The van der Waals surface area contributed by atoms with Gasteiger partial charge in [0.05, 0.1) is 6.61 Å². The molecule has 2 rings (SSSR count). The zero-order valence-electron chi connectivity index (χ0n) is 10.4. The Labute approximate surface area is 101 Å². The second-order valence-corrected chi connectivity index (χ2v) is 4.20. The first-order valence-corrected chi connectivity index (χ1v) is 6.11. The maximum absolute atomic E-state index is 8.93. The summed E-state index contributed by atoms with van der Waals surface area (Å²) in [6.45, 7) is 4.98. The quantitative estimate of drug-likeness (QED) is 0.834. The number of hydrogen-bond acceptors (Lipinski definition) is 2. The van der Waals surface area contributed by atoms with E-state index < -0.39 is 0 Å². The Morgan fingerprint density at radius 1 is 1.35 bits per heavy atom. The Balaban J connectivity index is 2.41. The summed E-state index contributed by atoms with van der Waals surface area (Å²) in [5, 5.41) is 10.1. The van der Waals surface area contributed by atoms with Gasteiger partial charge in [0.15, 0.2) is 0 Å². The predicted octanol–water partition coefficient (Wildman–Crippen LogP) is 2.80. The molecule has 0 aliphatic rings. The molecule has 0 saturated carbocycles. The van der Waals surface area contributed by atoms with Crippen molar-refractivity contribution in [2.24, 2.45) is 0 Å². The summed E-state index contributed by atoms with van der Waals surface area (Å²) in [5.41, 5.74) is 3.61. The van der Waals surface area contributed by atoms with Crippen LogP contribution in [0.3, 0.4) is 0 Å². The van der Waals surface area contributed by atoms with E-state index in [-0.39, 0.29) is 6.61 Å². The molecule has 0 atom stereocenters. The number of aliphatic hydroxyl groups excluding tert-OH is 1. The van der Waals surface area contributed by atoms with Crippen LogP contribution in [0.5, 0.6) is 5.75 Å². The highest BCUT2D eigenvalue weighted by Gasteiger charge is 2.08. The minimum Gasteiger partial charge on any atom is -0.494 e. The van der Waals surface area contributed by atoms with Gasteiger partial charge in [-0.1, -0.05) is 0 Å². The molecular formula is C14H19NO2. The van der Waals surface area contributed by atoms with Crippen LogP contribution in [0.4, 0.5) is 0 Å². The van der Waals surface area contributed by atoms with Gasteiger partial charge >= 0.3 is 0 Å². The number of rotatable bonds is 5. The number of benzene rings is 1. The van der Waals surface area contributed by atoms with Gasteiger partial charge in [0, 0.05) is 23.2 Å². The SMILES string of the molecule is CCOc1ccc2[nH]c(C)c(CCCO)c2c1. The second kappa shape index (κ2) is 5.23. The summed E-state index contributed by atoms with van der Waals surface area (Å²) in [4.78, 5) is 3.37. The molecule has 0 radical (unpaired) electrons. The van der Waals surface area contributed by atoms with Crippen LogP contribution in [0.1, 0.15) is 24.6 Å². The average Bonchev–Trinajstić information content (AvgIpc) is 2.63. The van der Waals surface area contributed by atoms with Crippen LogP contribution in [0.2, 0.25) is 0 Å². The van der Waals surface area contributed by atoms with Crippen LogP contribution in [-0.4, -0.2) is 23.3 Å². The van der Waals surface area contributed by atoms with Crippen molar-refractivity contribution in [1.29, 1.82) is 0 Å². The molecule has 1 heterocycles. The number of hydrogen-bond donors (Lipinski definition) is 2. The third kappa shape index (κ3) is 2.44. The van der Waals surface area contributed by atoms with E-state index in [4.69, 9.17) is 9.84 Å². The molecule has 0 spiro atoms. The van der Waals surface area contributed by atoms with Crippen molar-refractivity contribution >= 4 is 10.9 Å². The lowest BCUT2D eigenvalue weighted by Crippen LogP contribution is -1.92. The molecule has 92 valence electrons. The third-order valence-corrected chi connectivity index (χ3v) is 2.99. The number of fused-ring (bicyclic) bond motifs is 1. The molecule has 0 saturated heterocycles. The van der Waals surface area contributed by atoms with Gasteiger partial charge in [-0.05, 0) is 50.5 Å². The molecule has 1 aromatic carbocycles. The summed E-state index contributed by atoms with van der Waals surface area (Å²) in [6, 6.07) is 6.11. The number of ether oxygens (including phenoxy) is 1. The largest absolute Gasteiger partial charge is 0.494 e. The van der Waals surface area contributed by atoms with Gasteiger partial charge in [0.25, 0.3) is 0 Å². The summed E-state index contributed by atoms with van der Waals surface area (Å²) in [6.07, 6.45) is 1.70. The monoisotopic (exact) mass is 233 g/mol. The topological polar surface area (TPSA) is 45.2 Å². The van der Waals surface area contributed by atoms with Crippen LogP contribution >= 0.6 is 0 Å². The number of nitrogens with one attached hydrogen (secondary N) is 1. The van der Waals surface area contributed by atoms with Crippen molar-refractivity contribution in [1.82, 2.24) is 4.98 Å².